The molecular formula is C53H59N3O8S. The number of amides is 2. The number of anilines is 3. The summed E-state index contributed by atoms with van der Waals surface area (Å²) >= 11 is 4.89. The van der Waals surface area contributed by atoms with Crippen molar-refractivity contribution >= 4 is 41.5 Å². The third-order valence-electron chi connectivity index (χ3n) is 12.9. The lowest BCUT2D eigenvalue weighted by Crippen LogP contribution is -2.36. The average Bonchev–Trinajstić information content (AvgIpc) is 3.79. The number of benzene rings is 5. The first-order valence-electron chi connectivity index (χ1n) is 22.7. The van der Waals surface area contributed by atoms with Crippen molar-refractivity contribution < 1.29 is 38.1 Å². The molecule has 0 radical (unpaired) electrons. The van der Waals surface area contributed by atoms with Gasteiger partial charge in [0.2, 0.25) is 0 Å². The third kappa shape index (κ3) is 9.59. The van der Waals surface area contributed by atoms with Gasteiger partial charge >= 0.3 is 0 Å². The Morgan fingerprint density at radius 3 is 1.80 bits per heavy atom. The van der Waals surface area contributed by atoms with E-state index < -0.39 is 4.75 Å². The molecule has 4 aliphatic heterocycles. The van der Waals surface area contributed by atoms with Crippen LogP contribution in [0.4, 0.5) is 17.1 Å². The van der Waals surface area contributed by atoms with E-state index >= 15 is 0 Å². The van der Waals surface area contributed by atoms with Gasteiger partial charge in [-0.05, 0) is 153 Å². The Morgan fingerprint density at radius 2 is 1.22 bits per heavy atom. The number of aryl methyl sites for hydroxylation is 3. The molecule has 0 saturated heterocycles. The van der Waals surface area contributed by atoms with Gasteiger partial charge in [0.1, 0.15) is 19.0 Å². The quantitative estimate of drug-likeness (QED) is 0.0557. The second-order valence-corrected chi connectivity index (χ2v) is 19.4. The SMILES string of the molecule is COCCOCCON(CC(C)(C)S)c1cc(COc2cc3c(cc2C)C(=O)N2c4ccccc4C[C@H]2CC3)cc(COc2cc3c(cc2OC)C(=O)N2c4ccccc4C[C@H]2CC3)c1. The summed E-state index contributed by atoms with van der Waals surface area (Å²) in [6.07, 6.45) is 5.00. The summed E-state index contributed by atoms with van der Waals surface area (Å²) in [6, 6.07) is 30.8. The number of ether oxygens (including phenoxy) is 5. The molecule has 11 nitrogen and oxygen atoms in total. The van der Waals surface area contributed by atoms with Crippen LogP contribution in [0.3, 0.4) is 0 Å². The number of hydrogen-bond acceptors (Lipinski definition) is 10. The summed E-state index contributed by atoms with van der Waals surface area (Å²) in [7, 11) is 3.26. The van der Waals surface area contributed by atoms with Crippen molar-refractivity contribution in [3.63, 3.8) is 0 Å². The number of fused-ring (bicyclic) bond motifs is 8. The fourth-order valence-corrected chi connectivity index (χ4v) is 9.93. The molecule has 0 fully saturated rings. The Hall–Kier alpha value is -5.53. The van der Waals surface area contributed by atoms with Crippen molar-refractivity contribution in [2.24, 2.45) is 0 Å². The molecule has 340 valence electrons. The number of carbonyl (C=O) groups excluding carboxylic acids is 2. The van der Waals surface area contributed by atoms with E-state index in [1.807, 2.05) is 84.2 Å². The summed E-state index contributed by atoms with van der Waals surface area (Å²) in [6.45, 7) is 8.75. The summed E-state index contributed by atoms with van der Waals surface area (Å²) in [4.78, 5) is 38.6. The van der Waals surface area contributed by atoms with Crippen LogP contribution in [0.2, 0.25) is 0 Å². The van der Waals surface area contributed by atoms with Crippen molar-refractivity contribution in [2.75, 3.05) is 62.1 Å². The van der Waals surface area contributed by atoms with Gasteiger partial charge in [-0.25, -0.2) is 0 Å². The van der Waals surface area contributed by atoms with E-state index in [0.717, 1.165) is 94.7 Å². The van der Waals surface area contributed by atoms with Gasteiger partial charge in [0, 0.05) is 46.4 Å². The molecule has 0 unspecified atom stereocenters. The van der Waals surface area contributed by atoms with E-state index in [2.05, 4.69) is 42.5 Å². The molecule has 0 aromatic heterocycles. The zero-order chi connectivity index (χ0) is 45.2. The molecule has 0 aliphatic carbocycles. The number of nitrogens with zero attached hydrogens (tertiary/aromatic N) is 3. The van der Waals surface area contributed by atoms with Crippen LogP contribution >= 0.6 is 12.6 Å². The van der Waals surface area contributed by atoms with E-state index in [-0.39, 0.29) is 37.1 Å². The maximum absolute atomic E-state index is 14.2. The van der Waals surface area contributed by atoms with Crippen molar-refractivity contribution in [3.8, 4) is 17.2 Å². The largest absolute Gasteiger partial charge is 0.493 e. The van der Waals surface area contributed by atoms with Crippen molar-refractivity contribution in [3.05, 3.63) is 141 Å². The first kappa shape index (κ1) is 44.7. The molecule has 2 atom stereocenters. The zero-order valence-electron chi connectivity index (χ0n) is 38.1. The first-order valence-corrected chi connectivity index (χ1v) is 23.2. The van der Waals surface area contributed by atoms with Crippen LogP contribution in [-0.2, 0) is 53.2 Å². The highest BCUT2D eigenvalue weighted by atomic mass is 32.1. The monoisotopic (exact) mass is 897 g/mol. The number of carbonyl (C=O) groups is 2. The molecular weight excluding hydrogens is 839 g/mol. The van der Waals surface area contributed by atoms with Crippen molar-refractivity contribution in [1.29, 1.82) is 0 Å². The Bertz CT molecular complexity index is 2570. The predicted molar refractivity (Wildman–Crippen MR) is 256 cm³/mol. The van der Waals surface area contributed by atoms with E-state index in [0.29, 0.717) is 50.0 Å². The van der Waals surface area contributed by atoms with Crippen LogP contribution in [0, 0.1) is 6.92 Å². The first-order chi connectivity index (χ1) is 31.5. The van der Waals surface area contributed by atoms with Gasteiger partial charge in [-0.2, -0.15) is 12.6 Å². The smallest absolute Gasteiger partial charge is 0.258 e. The highest BCUT2D eigenvalue weighted by Crippen LogP contribution is 2.42. The maximum atomic E-state index is 14.2. The summed E-state index contributed by atoms with van der Waals surface area (Å²) in [5, 5.41) is 1.86. The number of rotatable bonds is 17. The van der Waals surface area contributed by atoms with Crippen LogP contribution in [0.5, 0.6) is 17.2 Å². The highest BCUT2D eigenvalue weighted by molar-refractivity contribution is 7.81. The molecule has 4 heterocycles. The van der Waals surface area contributed by atoms with Crippen LogP contribution in [0.15, 0.2) is 91.0 Å². The number of methoxy groups -OCH3 is 2. The minimum absolute atomic E-state index is 0.00613. The van der Waals surface area contributed by atoms with Gasteiger partial charge in [-0.1, -0.05) is 36.4 Å². The molecule has 5 aromatic carbocycles. The van der Waals surface area contributed by atoms with Gasteiger partial charge in [-0.15, -0.1) is 0 Å². The minimum Gasteiger partial charge on any atom is -0.493 e. The lowest BCUT2D eigenvalue weighted by Gasteiger charge is -2.31. The van der Waals surface area contributed by atoms with Gasteiger partial charge in [-0.3, -0.25) is 19.5 Å². The molecule has 2 amide bonds. The average molecular weight is 898 g/mol. The van der Waals surface area contributed by atoms with Crippen molar-refractivity contribution in [1.82, 2.24) is 0 Å². The minimum atomic E-state index is -0.405. The lowest BCUT2D eigenvalue weighted by atomic mass is 9.98. The molecule has 0 saturated carbocycles. The number of hydrogen-bond donors (Lipinski definition) is 1. The molecule has 0 N–H and O–H groups in total. The van der Waals surface area contributed by atoms with Crippen LogP contribution in [0.25, 0.3) is 0 Å². The van der Waals surface area contributed by atoms with Gasteiger partial charge in [0.25, 0.3) is 11.8 Å². The molecule has 5 aromatic rings. The Labute approximate surface area is 387 Å². The van der Waals surface area contributed by atoms with Crippen LogP contribution in [-0.4, -0.2) is 75.8 Å². The normalized spacial score (nSPS) is 17.3. The van der Waals surface area contributed by atoms with Crippen LogP contribution in [0.1, 0.15) is 86.3 Å². The molecule has 9 rings (SSSR count). The number of hydroxylamine groups is 1. The molecule has 4 aliphatic rings. The Balaban J connectivity index is 0.983. The fraction of sp³-hybridized carbons (Fsp3) is 0.396. The second-order valence-electron chi connectivity index (χ2n) is 18.2. The van der Waals surface area contributed by atoms with E-state index in [9.17, 15) is 9.59 Å². The standard InChI is InChI=1S/C53H59N3O8S/c1-34-22-44-37(14-16-41-26-39-10-6-8-12-46(39)55(41)51(44)57)28-48(34)62-31-35-23-36(25-43(24-35)54(33-53(2,3)65)64-21-20-61-19-18-59-4)32-63-50-29-38-15-17-42-27-40-11-7-9-13-47(40)56(42)52(58)45(38)30-49(50)60-5/h6-13,22-25,28-30,41-42,65H,14-21,26-27,31-33H2,1-5H3/t41-,42-/m1/s1. The third-order valence-corrected chi connectivity index (χ3v) is 13.0. The van der Waals surface area contributed by atoms with Gasteiger partial charge in [0.05, 0.1) is 45.8 Å². The zero-order valence-corrected chi connectivity index (χ0v) is 39.0. The van der Waals surface area contributed by atoms with Crippen molar-refractivity contribution in [2.45, 2.75) is 89.3 Å². The van der Waals surface area contributed by atoms with Gasteiger partial charge < -0.3 is 33.5 Å². The molecule has 65 heavy (non-hydrogen) atoms. The molecule has 12 heteroatoms. The van der Waals surface area contributed by atoms with Gasteiger partial charge in [0.15, 0.2) is 11.5 Å². The number of thiol groups is 1. The Kier molecular flexibility index (Phi) is 13.1. The maximum Gasteiger partial charge on any atom is 0.258 e. The molecule has 0 bridgehead atoms. The summed E-state index contributed by atoms with van der Waals surface area (Å²) in [5.41, 5.74) is 11.3. The predicted octanol–water partition coefficient (Wildman–Crippen LogP) is 9.31. The lowest BCUT2D eigenvalue weighted by molar-refractivity contribution is 0.0157. The fourth-order valence-electron chi connectivity index (χ4n) is 9.80. The Morgan fingerprint density at radius 1 is 0.662 bits per heavy atom. The van der Waals surface area contributed by atoms with Crippen LogP contribution < -0.4 is 29.1 Å². The molecule has 0 spiro atoms. The van der Waals surface area contributed by atoms with E-state index in [4.69, 9.17) is 41.2 Å². The summed E-state index contributed by atoms with van der Waals surface area (Å²) < 4.78 is 29.6. The second kappa shape index (κ2) is 19.1. The topological polar surface area (TPSA) is 99.2 Å². The number of para-hydroxylation sites is 2. The van der Waals surface area contributed by atoms with E-state index in [1.54, 1.807) is 14.2 Å². The summed E-state index contributed by atoms with van der Waals surface area (Å²) in [5.74, 6) is 1.86. The highest BCUT2D eigenvalue weighted by Gasteiger charge is 2.39. The van der Waals surface area contributed by atoms with E-state index in [1.165, 1.54) is 11.1 Å².